The molecule has 0 heterocycles. The van der Waals surface area contributed by atoms with E-state index in [1.807, 2.05) is 42.5 Å². The Hall–Kier alpha value is -1.32. The summed E-state index contributed by atoms with van der Waals surface area (Å²) >= 11 is 3.43. The van der Waals surface area contributed by atoms with Crippen molar-refractivity contribution in [2.75, 3.05) is 7.11 Å². The number of ether oxygens (including phenoxy) is 1. The van der Waals surface area contributed by atoms with Gasteiger partial charge in [0.25, 0.3) is 0 Å². The SMILES string of the molecule is COc1cc(-c2ccc(CO)cc2)ccc1Br. The van der Waals surface area contributed by atoms with E-state index in [0.717, 1.165) is 26.9 Å². The molecule has 0 saturated carbocycles. The van der Waals surface area contributed by atoms with Crippen molar-refractivity contribution in [2.24, 2.45) is 0 Å². The summed E-state index contributed by atoms with van der Waals surface area (Å²) in [5, 5.41) is 8.99. The van der Waals surface area contributed by atoms with Gasteiger partial charge >= 0.3 is 0 Å². The molecule has 0 atom stereocenters. The Morgan fingerprint density at radius 3 is 2.29 bits per heavy atom. The highest BCUT2D eigenvalue weighted by Crippen LogP contribution is 2.30. The van der Waals surface area contributed by atoms with Crippen molar-refractivity contribution < 1.29 is 9.84 Å². The molecule has 0 fully saturated rings. The summed E-state index contributed by atoms with van der Waals surface area (Å²) in [4.78, 5) is 0. The number of methoxy groups -OCH3 is 1. The molecule has 3 heteroatoms. The van der Waals surface area contributed by atoms with Crippen LogP contribution < -0.4 is 4.74 Å². The lowest BCUT2D eigenvalue weighted by atomic mass is 10.0. The lowest BCUT2D eigenvalue weighted by Crippen LogP contribution is -1.87. The molecule has 0 aliphatic rings. The van der Waals surface area contributed by atoms with Crippen LogP contribution in [0.4, 0.5) is 0 Å². The van der Waals surface area contributed by atoms with Crippen LogP contribution in [0.15, 0.2) is 46.9 Å². The molecule has 0 aliphatic carbocycles. The van der Waals surface area contributed by atoms with Crippen LogP contribution in [0.25, 0.3) is 11.1 Å². The molecule has 17 heavy (non-hydrogen) atoms. The Bertz CT molecular complexity index is 506. The molecule has 0 amide bonds. The maximum absolute atomic E-state index is 8.99. The molecule has 2 aromatic rings. The van der Waals surface area contributed by atoms with Crippen molar-refractivity contribution in [2.45, 2.75) is 6.61 Å². The molecule has 0 aliphatic heterocycles. The van der Waals surface area contributed by atoms with Gasteiger partial charge in [0, 0.05) is 0 Å². The highest BCUT2D eigenvalue weighted by molar-refractivity contribution is 9.10. The van der Waals surface area contributed by atoms with Gasteiger partial charge in [-0.3, -0.25) is 0 Å². The highest BCUT2D eigenvalue weighted by atomic mass is 79.9. The van der Waals surface area contributed by atoms with Crippen molar-refractivity contribution in [3.05, 3.63) is 52.5 Å². The lowest BCUT2D eigenvalue weighted by Gasteiger charge is -2.07. The predicted molar refractivity (Wildman–Crippen MR) is 72.1 cm³/mol. The van der Waals surface area contributed by atoms with Gasteiger partial charge in [0.1, 0.15) is 5.75 Å². The van der Waals surface area contributed by atoms with Gasteiger partial charge in [-0.1, -0.05) is 30.3 Å². The smallest absolute Gasteiger partial charge is 0.133 e. The topological polar surface area (TPSA) is 29.5 Å². The number of hydrogen-bond donors (Lipinski definition) is 1. The van der Waals surface area contributed by atoms with E-state index >= 15 is 0 Å². The number of hydrogen-bond acceptors (Lipinski definition) is 2. The van der Waals surface area contributed by atoms with E-state index in [9.17, 15) is 0 Å². The van der Waals surface area contributed by atoms with Crippen molar-refractivity contribution in [3.63, 3.8) is 0 Å². The molecule has 0 aromatic heterocycles. The normalized spacial score (nSPS) is 10.3. The fourth-order valence-corrected chi connectivity index (χ4v) is 2.05. The fourth-order valence-electron chi connectivity index (χ4n) is 1.64. The third-order valence-electron chi connectivity index (χ3n) is 2.62. The zero-order valence-corrected chi connectivity index (χ0v) is 11.1. The van der Waals surface area contributed by atoms with Gasteiger partial charge in [-0.15, -0.1) is 0 Å². The van der Waals surface area contributed by atoms with Gasteiger partial charge in [0.2, 0.25) is 0 Å². The largest absolute Gasteiger partial charge is 0.496 e. The van der Waals surface area contributed by atoms with Crippen LogP contribution in [-0.4, -0.2) is 12.2 Å². The Kier molecular flexibility index (Phi) is 3.82. The second kappa shape index (κ2) is 5.34. The molecular formula is C14H13BrO2. The van der Waals surface area contributed by atoms with Crippen molar-refractivity contribution in [1.82, 2.24) is 0 Å². The Balaban J connectivity index is 2.38. The van der Waals surface area contributed by atoms with Gasteiger partial charge < -0.3 is 9.84 Å². The molecule has 2 nitrogen and oxygen atoms in total. The molecule has 0 spiro atoms. The van der Waals surface area contributed by atoms with Crippen molar-refractivity contribution >= 4 is 15.9 Å². The van der Waals surface area contributed by atoms with E-state index in [1.54, 1.807) is 7.11 Å². The van der Waals surface area contributed by atoms with Gasteiger partial charge in [0.05, 0.1) is 18.2 Å². The molecule has 1 N–H and O–H groups in total. The quantitative estimate of drug-likeness (QED) is 0.936. The zero-order valence-electron chi connectivity index (χ0n) is 9.48. The number of halogens is 1. The first-order valence-electron chi connectivity index (χ1n) is 5.28. The Labute approximate surface area is 109 Å². The van der Waals surface area contributed by atoms with E-state index in [2.05, 4.69) is 15.9 Å². The van der Waals surface area contributed by atoms with E-state index in [4.69, 9.17) is 9.84 Å². The van der Waals surface area contributed by atoms with Gasteiger partial charge in [0.15, 0.2) is 0 Å². The van der Waals surface area contributed by atoms with E-state index in [0.29, 0.717) is 0 Å². The Morgan fingerprint density at radius 1 is 1.06 bits per heavy atom. The minimum Gasteiger partial charge on any atom is -0.496 e. The number of aliphatic hydroxyl groups excluding tert-OH is 1. The summed E-state index contributed by atoms with van der Waals surface area (Å²) in [7, 11) is 1.65. The summed E-state index contributed by atoms with van der Waals surface area (Å²) in [6.45, 7) is 0.0734. The molecule has 2 rings (SSSR count). The summed E-state index contributed by atoms with van der Waals surface area (Å²) in [5.74, 6) is 0.814. The number of rotatable bonds is 3. The summed E-state index contributed by atoms with van der Waals surface area (Å²) in [5.41, 5.74) is 3.11. The van der Waals surface area contributed by atoms with Crippen molar-refractivity contribution in [3.8, 4) is 16.9 Å². The van der Waals surface area contributed by atoms with Gasteiger partial charge in [-0.2, -0.15) is 0 Å². The first-order valence-corrected chi connectivity index (χ1v) is 6.07. The molecule has 0 saturated heterocycles. The molecule has 0 bridgehead atoms. The van der Waals surface area contributed by atoms with E-state index in [-0.39, 0.29) is 6.61 Å². The average Bonchev–Trinajstić information content (AvgIpc) is 2.39. The van der Waals surface area contributed by atoms with Crippen LogP contribution in [0.3, 0.4) is 0 Å². The third kappa shape index (κ3) is 2.68. The standard InChI is InChI=1S/C14H13BrO2/c1-17-14-8-12(6-7-13(14)15)11-4-2-10(9-16)3-5-11/h2-8,16H,9H2,1H3. The zero-order chi connectivity index (χ0) is 12.3. The molecular weight excluding hydrogens is 280 g/mol. The fraction of sp³-hybridized carbons (Fsp3) is 0.143. The molecule has 0 radical (unpaired) electrons. The number of aliphatic hydroxyl groups is 1. The van der Waals surface area contributed by atoms with E-state index < -0.39 is 0 Å². The minimum atomic E-state index is 0.0734. The second-order valence-corrected chi connectivity index (χ2v) is 4.56. The molecule has 88 valence electrons. The molecule has 0 unspecified atom stereocenters. The lowest BCUT2D eigenvalue weighted by molar-refractivity contribution is 0.282. The molecule has 2 aromatic carbocycles. The maximum Gasteiger partial charge on any atom is 0.133 e. The monoisotopic (exact) mass is 292 g/mol. The van der Waals surface area contributed by atoms with Gasteiger partial charge in [-0.25, -0.2) is 0 Å². The van der Waals surface area contributed by atoms with Crippen LogP contribution in [0.5, 0.6) is 5.75 Å². The first kappa shape index (κ1) is 12.1. The maximum atomic E-state index is 8.99. The summed E-state index contributed by atoms with van der Waals surface area (Å²) < 4.78 is 6.21. The van der Waals surface area contributed by atoms with Crippen LogP contribution in [0.2, 0.25) is 0 Å². The predicted octanol–water partition coefficient (Wildman–Crippen LogP) is 3.62. The Morgan fingerprint density at radius 2 is 1.71 bits per heavy atom. The number of benzene rings is 2. The summed E-state index contributed by atoms with van der Waals surface area (Å²) in [6.07, 6.45) is 0. The third-order valence-corrected chi connectivity index (χ3v) is 3.28. The van der Waals surface area contributed by atoms with Crippen molar-refractivity contribution in [1.29, 1.82) is 0 Å². The highest BCUT2D eigenvalue weighted by Gasteiger charge is 2.03. The second-order valence-electron chi connectivity index (χ2n) is 3.70. The van der Waals surface area contributed by atoms with E-state index in [1.165, 1.54) is 0 Å². The van der Waals surface area contributed by atoms with Gasteiger partial charge in [-0.05, 0) is 44.8 Å². The van der Waals surface area contributed by atoms with Crippen LogP contribution in [-0.2, 0) is 6.61 Å². The van der Waals surface area contributed by atoms with Crippen LogP contribution >= 0.6 is 15.9 Å². The first-order chi connectivity index (χ1) is 8.24. The van der Waals surface area contributed by atoms with Crippen LogP contribution in [0, 0.1) is 0 Å². The minimum absolute atomic E-state index is 0.0734. The average molecular weight is 293 g/mol. The summed E-state index contributed by atoms with van der Waals surface area (Å²) in [6, 6.07) is 13.8. The van der Waals surface area contributed by atoms with Crippen LogP contribution in [0.1, 0.15) is 5.56 Å².